The molecule has 0 bridgehead atoms. The second-order valence-electron chi connectivity index (χ2n) is 7.34. The molecule has 156 valence electrons. The summed E-state index contributed by atoms with van der Waals surface area (Å²) in [6, 6.07) is 27.2. The summed E-state index contributed by atoms with van der Waals surface area (Å²) in [5.74, 6) is -0.0787. The first-order valence-electron chi connectivity index (χ1n) is 10.1. The molecule has 0 unspecified atom stereocenters. The summed E-state index contributed by atoms with van der Waals surface area (Å²) >= 11 is 6.36. The molecule has 0 fully saturated rings. The van der Waals surface area contributed by atoms with Gasteiger partial charge in [0.2, 0.25) is 11.2 Å². The summed E-state index contributed by atoms with van der Waals surface area (Å²) in [6.07, 6.45) is 0. The van der Waals surface area contributed by atoms with Crippen LogP contribution in [0.1, 0.15) is 10.4 Å². The molecule has 4 aromatic carbocycles. The molecule has 0 amide bonds. The molecule has 0 aliphatic rings. The minimum absolute atomic E-state index is 0.0362. The zero-order valence-electron chi connectivity index (χ0n) is 16.9. The lowest BCUT2D eigenvalue weighted by atomic mass is 10.0. The Morgan fingerprint density at radius 3 is 2.41 bits per heavy atom. The lowest BCUT2D eigenvalue weighted by Crippen LogP contribution is -2.17. The van der Waals surface area contributed by atoms with Crippen molar-refractivity contribution < 1.29 is 13.9 Å². The van der Waals surface area contributed by atoms with Crippen LogP contribution in [-0.4, -0.2) is 12.4 Å². The normalized spacial score (nSPS) is 11.0. The molecule has 0 aliphatic heterocycles. The number of benzene rings is 4. The first-order chi connectivity index (χ1) is 15.6. The first-order valence-corrected chi connectivity index (χ1v) is 10.4. The maximum absolute atomic E-state index is 13.2. The van der Waals surface area contributed by atoms with E-state index in [0.29, 0.717) is 27.1 Å². The van der Waals surface area contributed by atoms with E-state index < -0.39 is 0 Å². The minimum Gasteiger partial charge on any atom is -0.478 e. The molecule has 0 N–H and O–H groups in total. The summed E-state index contributed by atoms with van der Waals surface area (Å²) in [5, 5.41) is 2.79. The number of rotatable bonds is 5. The van der Waals surface area contributed by atoms with Crippen LogP contribution in [0.15, 0.2) is 100 Å². The van der Waals surface area contributed by atoms with Crippen molar-refractivity contribution in [2.24, 2.45) is 0 Å². The van der Waals surface area contributed by atoms with Crippen LogP contribution < -0.4 is 10.2 Å². The van der Waals surface area contributed by atoms with Gasteiger partial charge in [-0.15, -0.1) is 0 Å². The predicted octanol–water partition coefficient (Wildman–Crippen LogP) is 6.53. The Bertz CT molecular complexity index is 1530. The van der Waals surface area contributed by atoms with E-state index >= 15 is 0 Å². The number of fused-ring (bicyclic) bond motifs is 2. The molecule has 0 aliphatic carbocycles. The van der Waals surface area contributed by atoms with Crippen LogP contribution in [0, 0.1) is 0 Å². The van der Waals surface area contributed by atoms with Crippen molar-refractivity contribution in [2.75, 3.05) is 6.61 Å². The van der Waals surface area contributed by atoms with Gasteiger partial charge in [0.15, 0.2) is 18.2 Å². The molecule has 5 rings (SSSR count). The monoisotopic (exact) mass is 440 g/mol. The second-order valence-corrected chi connectivity index (χ2v) is 7.75. The number of hydrogen-bond donors (Lipinski definition) is 0. The van der Waals surface area contributed by atoms with Gasteiger partial charge in [0.05, 0.1) is 10.4 Å². The molecular weight excluding hydrogens is 424 g/mol. The first kappa shape index (κ1) is 20.0. The number of para-hydroxylation sites is 1. The van der Waals surface area contributed by atoms with Crippen LogP contribution in [0.2, 0.25) is 5.02 Å². The van der Waals surface area contributed by atoms with Gasteiger partial charge in [-0.25, -0.2) is 0 Å². The third-order valence-corrected chi connectivity index (χ3v) is 5.62. The number of halogens is 1. The molecule has 0 spiro atoms. The highest BCUT2D eigenvalue weighted by Gasteiger charge is 2.20. The molecule has 1 aromatic heterocycles. The van der Waals surface area contributed by atoms with Crippen LogP contribution in [0.4, 0.5) is 0 Å². The van der Waals surface area contributed by atoms with E-state index in [1.54, 1.807) is 54.6 Å². The number of carbonyl (C=O) groups excluding carboxylic acids is 1. The lowest BCUT2D eigenvalue weighted by molar-refractivity contribution is 0.0920. The van der Waals surface area contributed by atoms with Gasteiger partial charge >= 0.3 is 0 Å². The Balaban J connectivity index is 1.54. The van der Waals surface area contributed by atoms with Gasteiger partial charge in [0, 0.05) is 11.1 Å². The van der Waals surface area contributed by atoms with Gasteiger partial charge in [0.1, 0.15) is 5.58 Å². The highest BCUT2D eigenvalue weighted by molar-refractivity contribution is 6.33. The molecule has 0 radical (unpaired) electrons. The van der Waals surface area contributed by atoms with Gasteiger partial charge in [0.25, 0.3) is 0 Å². The van der Waals surface area contributed by atoms with Gasteiger partial charge in [-0.05, 0) is 41.1 Å². The Hall–Kier alpha value is -3.89. The second kappa shape index (κ2) is 8.33. The molecule has 1 heterocycles. The van der Waals surface area contributed by atoms with Gasteiger partial charge < -0.3 is 9.15 Å². The number of Topliss-reactive ketones (excluding diaryl/α,β-unsaturated/α-hetero) is 1. The number of ether oxygens (including phenoxy) is 1. The summed E-state index contributed by atoms with van der Waals surface area (Å²) in [5.41, 5.74) is 1.09. The van der Waals surface area contributed by atoms with E-state index in [-0.39, 0.29) is 29.3 Å². The molecule has 0 saturated heterocycles. The summed E-state index contributed by atoms with van der Waals surface area (Å²) < 4.78 is 11.8. The third kappa shape index (κ3) is 3.66. The molecule has 0 atom stereocenters. The number of carbonyl (C=O) groups is 1. The topological polar surface area (TPSA) is 56.5 Å². The summed E-state index contributed by atoms with van der Waals surface area (Å²) in [7, 11) is 0. The van der Waals surface area contributed by atoms with Crippen molar-refractivity contribution in [3.05, 3.63) is 112 Å². The van der Waals surface area contributed by atoms with Gasteiger partial charge in [-0.3, -0.25) is 9.59 Å². The summed E-state index contributed by atoms with van der Waals surface area (Å²) in [4.78, 5) is 26.1. The molecule has 5 heteroatoms. The van der Waals surface area contributed by atoms with Crippen LogP contribution >= 0.6 is 11.6 Å². The Morgan fingerprint density at radius 2 is 1.56 bits per heavy atom. The van der Waals surface area contributed by atoms with Crippen molar-refractivity contribution in [1.29, 1.82) is 0 Å². The fourth-order valence-electron chi connectivity index (χ4n) is 3.66. The fourth-order valence-corrected chi connectivity index (χ4v) is 3.88. The number of ketones is 1. The average molecular weight is 441 g/mol. The third-order valence-electron chi connectivity index (χ3n) is 5.29. The van der Waals surface area contributed by atoms with Crippen LogP contribution in [0.25, 0.3) is 33.1 Å². The SMILES string of the molecule is O=C(COc1c(-c2ccccc2Cl)oc2ccccc2c1=O)c1ccc2ccccc2c1. The van der Waals surface area contributed by atoms with Gasteiger partial charge in [-0.2, -0.15) is 0 Å². The fraction of sp³-hybridized carbons (Fsp3) is 0.0370. The Kier molecular flexibility index (Phi) is 5.21. The predicted molar refractivity (Wildman–Crippen MR) is 127 cm³/mol. The smallest absolute Gasteiger partial charge is 0.235 e. The van der Waals surface area contributed by atoms with E-state index in [4.69, 9.17) is 20.8 Å². The molecular formula is C27H17ClO4. The zero-order chi connectivity index (χ0) is 22.1. The average Bonchev–Trinajstić information content (AvgIpc) is 2.83. The Morgan fingerprint density at radius 1 is 0.844 bits per heavy atom. The van der Waals surface area contributed by atoms with Crippen LogP contribution in [0.3, 0.4) is 0 Å². The minimum atomic E-state index is -0.354. The zero-order valence-corrected chi connectivity index (χ0v) is 17.6. The van der Waals surface area contributed by atoms with E-state index in [1.807, 2.05) is 36.4 Å². The molecule has 5 aromatic rings. The molecule has 32 heavy (non-hydrogen) atoms. The maximum Gasteiger partial charge on any atom is 0.235 e. The van der Waals surface area contributed by atoms with Crippen molar-refractivity contribution in [2.45, 2.75) is 0 Å². The maximum atomic E-state index is 13.2. The highest BCUT2D eigenvalue weighted by Crippen LogP contribution is 2.35. The lowest BCUT2D eigenvalue weighted by Gasteiger charge is -2.12. The van der Waals surface area contributed by atoms with E-state index in [2.05, 4.69) is 0 Å². The van der Waals surface area contributed by atoms with Crippen LogP contribution in [0.5, 0.6) is 5.75 Å². The quantitative estimate of drug-likeness (QED) is 0.291. The summed E-state index contributed by atoms with van der Waals surface area (Å²) in [6.45, 7) is -0.307. The van der Waals surface area contributed by atoms with Gasteiger partial charge in [-0.1, -0.05) is 72.3 Å². The van der Waals surface area contributed by atoms with Crippen molar-refractivity contribution >= 4 is 39.1 Å². The van der Waals surface area contributed by atoms with Crippen LogP contribution in [-0.2, 0) is 0 Å². The van der Waals surface area contributed by atoms with Crippen molar-refractivity contribution in [3.63, 3.8) is 0 Å². The van der Waals surface area contributed by atoms with E-state index in [1.165, 1.54) is 0 Å². The highest BCUT2D eigenvalue weighted by atomic mass is 35.5. The van der Waals surface area contributed by atoms with E-state index in [9.17, 15) is 9.59 Å². The Labute approximate surface area is 188 Å². The van der Waals surface area contributed by atoms with Crippen molar-refractivity contribution in [3.8, 4) is 17.1 Å². The standard InChI is InChI=1S/C27H17ClO4/c28-22-11-5-3-9-20(22)26-27(25(30)21-10-4-6-12-24(21)32-26)31-16-23(29)19-14-13-17-7-1-2-8-18(17)15-19/h1-15H,16H2. The van der Waals surface area contributed by atoms with E-state index in [0.717, 1.165) is 10.8 Å². The number of hydrogen-bond acceptors (Lipinski definition) is 4. The van der Waals surface area contributed by atoms with Crippen molar-refractivity contribution in [1.82, 2.24) is 0 Å². The largest absolute Gasteiger partial charge is 0.478 e. The molecule has 0 saturated carbocycles. The molecule has 4 nitrogen and oxygen atoms in total.